The zero-order valence-electron chi connectivity index (χ0n) is 12.7. The van der Waals surface area contributed by atoms with Gasteiger partial charge in [0.25, 0.3) is 0 Å². The van der Waals surface area contributed by atoms with E-state index in [1.807, 2.05) is 13.8 Å². The SMILES string of the molecule is CC(=O)C(C)(C)CCOC(C)(C)CCC1OC1C. The van der Waals surface area contributed by atoms with E-state index in [4.69, 9.17) is 9.47 Å². The molecule has 0 aromatic rings. The zero-order valence-corrected chi connectivity index (χ0v) is 12.7. The molecule has 1 aliphatic rings. The average Bonchev–Trinajstić information content (AvgIpc) is 2.91. The van der Waals surface area contributed by atoms with Gasteiger partial charge < -0.3 is 9.47 Å². The molecule has 0 spiro atoms. The molecule has 0 saturated carbocycles. The van der Waals surface area contributed by atoms with Gasteiger partial charge in [-0.2, -0.15) is 0 Å². The van der Waals surface area contributed by atoms with Crippen LogP contribution in [0.5, 0.6) is 0 Å². The van der Waals surface area contributed by atoms with Gasteiger partial charge in [-0.3, -0.25) is 4.79 Å². The minimum absolute atomic E-state index is 0.126. The largest absolute Gasteiger partial charge is 0.376 e. The van der Waals surface area contributed by atoms with Gasteiger partial charge in [-0.05, 0) is 47.0 Å². The maximum Gasteiger partial charge on any atom is 0.135 e. The molecule has 106 valence electrons. The van der Waals surface area contributed by atoms with Crippen molar-refractivity contribution in [2.45, 2.75) is 78.6 Å². The van der Waals surface area contributed by atoms with Crippen LogP contribution in [0.15, 0.2) is 0 Å². The third-order valence-electron chi connectivity index (χ3n) is 4.04. The number of carbonyl (C=O) groups excluding carboxylic acids is 1. The van der Waals surface area contributed by atoms with Crippen molar-refractivity contribution in [2.24, 2.45) is 5.41 Å². The Kier molecular flexibility index (Phi) is 4.96. The number of epoxide rings is 1. The van der Waals surface area contributed by atoms with Crippen LogP contribution >= 0.6 is 0 Å². The first-order chi connectivity index (χ1) is 8.14. The van der Waals surface area contributed by atoms with E-state index in [1.165, 1.54) is 0 Å². The van der Waals surface area contributed by atoms with Crippen LogP contribution in [0.25, 0.3) is 0 Å². The number of ketones is 1. The van der Waals surface area contributed by atoms with Crippen LogP contribution in [-0.2, 0) is 14.3 Å². The van der Waals surface area contributed by atoms with Crippen molar-refractivity contribution in [2.75, 3.05) is 6.61 Å². The molecule has 1 aliphatic heterocycles. The third-order valence-corrected chi connectivity index (χ3v) is 4.04. The topological polar surface area (TPSA) is 38.8 Å². The second-order valence-corrected chi connectivity index (χ2v) is 6.72. The molecule has 2 unspecified atom stereocenters. The van der Waals surface area contributed by atoms with Crippen LogP contribution in [0.4, 0.5) is 0 Å². The number of Topliss-reactive ketones (excluding diaryl/α,β-unsaturated/α-hetero) is 1. The van der Waals surface area contributed by atoms with Crippen LogP contribution in [-0.4, -0.2) is 30.2 Å². The molecule has 1 rings (SSSR count). The van der Waals surface area contributed by atoms with E-state index < -0.39 is 0 Å². The molecule has 0 aromatic carbocycles. The molecular weight excluding hydrogens is 228 g/mol. The molecule has 3 heteroatoms. The van der Waals surface area contributed by atoms with Gasteiger partial charge >= 0.3 is 0 Å². The fourth-order valence-corrected chi connectivity index (χ4v) is 1.85. The lowest BCUT2D eigenvalue weighted by Gasteiger charge is -2.28. The van der Waals surface area contributed by atoms with Gasteiger partial charge in [-0.1, -0.05) is 13.8 Å². The summed E-state index contributed by atoms with van der Waals surface area (Å²) in [5.74, 6) is 0.226. The molecule has 3 nitrogen and oxygen atoms in total. The Morgan fingerprint density at radius 3 is 2.22 bits per heavy atom. The Labute approximate surface area is 111 Å². The number of carbonyl (C=O) groups is 1. The van der Waals surface area contributed by atoms with E-state index >= 15 is 0 Å². The Hall–Kier alpha value is -0.410. The summed E-state index contributed by atoms with van der Waals surface area (Å²) in [6.07, 6.45) is 3.70. The minimum atomic E-state index is -0.274. The lowest BCUT2D eigenvalue weighted by Crippen LogP contribution is -2.29. The smallest absolute Gasteiger partial charge is 0.135 e. The Morgan fingerprint density at radius 1 is 1.22 bits per heavy atom. The molecule has 0 aliphatic carbocycles. The Balaban J connectivity index is 2.22. The predicted molar refractivity (Wildman–Crippen MR) is 72.7 cm³/mol. The monoisotopic (exact) mass is 256 g/mol. The number of rotatable bonds is 8. The lowest BCUT2D eigenvalue weighted by molar-refractivity contribution is -0.127. The number of hydrogen-bond donors (Lipinski definition) is 0. The average molecular weight is 256 g/mol. The first kappa shape index (κ1) is 15.6. The van der Waals surface area contributed by atoms with Crippen LogP contribution in [0, 0.1) is 5.41 Å². The van der Waals surface area contributed by atoms with Crippen molar-refractivity contribution in [1.29, 1.82) is 0 Å². The summed E-state index contributed by atoms with van der Waals surface area (Å²) in [4.78, 5) is 11.4. The highest BCUT2D eigenvalue weighted by atomic mass is 16.6. The van der Waals surface area contributed by atoms with Gasteiger partial charge in [-0.15, -0.1) is 0 Å². The summed E-state index contributed by atoms with van der Waals surface area (Å²) in [7, 11) is 0. The van der Waals surface area contributed by atoms with Crippen molar-refractivity contribution in [3.05, 3.63) is 0 Å². The number of hydrogen-bond acceptors (Lipinski definition) is 3. The first-order valence-corrected chi connectivity index (χ1v) is 6.94. The molecule has 1 saturated heterocycles. The molecule has 1 fully saturated rings. The van der Waals surface area contributed by atoms with Gasteiger partial charge in [0.1, 0.15) is 5.78 Å². The van der Waals surface area contributed by atoms with E-state index in [0.29, 0.717) is 18.8 Å². The van der Waals surface area contributed by atoms with Crippen LogP contribution < -0.4 is 0 Å². The van der Waals surface area contributed by atoms with Crippen molar-refractivity contribution in [3.63, 3.8) is 0 Å². The summed E-state index contributed by atoms with van der Waals surface area (Å²) in [5.41, 5.74) is -0.400. The van der Waals surface area contributed by atoms with Crippen LogP contribution in [0.2, 0.25) is 0 Å². The lowest BCUT2D eigenvalue weighted by atomic mass is 9.85. The summed E-state index contributed by atoms with van der Waals surface area (Å²) >= 11 is 0. The molecule has 0 amide bonds. The van der Waals surface area contributed by atoms with E-state index in [9.17, 15) is 4.79 Å². The second-order valence-electron chi connectivity index (χ2n) is 6.72. The highest BCUT2D eigenvalue weighted by Crippen LogP contribution is 2.30. The normalized spacial score (nSPS) is 24.1. The second kappa shape index (κ2) is 5.70. The Bertz CT molecular complexity index is 294. The van der Waals surface area contributed by atoms with Gasteiger partial charge in [0, 0.05) is 12.0 Å². The summed E-state index contributed by atoms with van der Waals surface area (Å²) in [6, 6.07) is 0. The van der Waals surface area contributed by atoms with E-state index in [-0.39, 0.29) is 16.8 Å². The highest BCUT2D eigenvalue weighted by Gasteiger charge is 2.35. The first-order valence-electron chi connectivity index (χ1n) is 6.94. The molecular formula is C15H28O3. The molecule has 2 atom stereocenters. The maximum atomic E-state index is 11.4. The van der Waals surface area contributed by atoms with E-state index in [1.54, 1.807) is 6.92 Å². The predicted octanol–water partition coefficient (Wildman–Crippen LogP) is 3.35. The quantitative estimate of drug-likeness (QED) is 0.625. The summed E-state index contributed by atoms with van der Waals surface area (Å²) in [5, 5.41) is 0. The molecule has 1 heterocycles. The van der Waals surface area contributed by atoms with E-state index in [0.717, 1.165) is 19.3 Å². The van der Waals surface area contributed by atoms with Gasteiger partial charge in [0.05, 0.1) is 17.8 Å². The molecule has 0 bridgehead atoms. The third kappa shape index (κ3) is 5.07. The van der Waals surface area contributed by atoms with Gasteiger partial charge in [0.2, 0.25) is 0 Å². The minimum Gasteiger partial charge on any atom is -0.376 e. The van der Waals surface area contributed by atoms with Crippen LogP contribution in [0.1, 0.15) is 60.8 Å². The van der Waals surface area contributed by atoms with Gasteiger partial charge in [0.15, 0.2) is 0 Å². The van der Waals surface area contributed by atoms with Crippen molar-refractivity contribution in [3.8, 4) is 0 Å². The molecule has 0 N–H and O–H groups in total. The Morgan fingerprint density at radius 2 is 1.78 bits per heavy atom. The molecule has 0 radical (unpaired) electrons. The maximum absolute atomic E-state index is 11.4. The zero-order chi connectivity index (χ0) is 14.0. The van der Waals surface area contributed by atoms with Crippen molar-refractivity contribution in [1.82, 2.24) is 0 Å². The van der Waals surface area contributed by atoms with Crippen molar-refractivity contribution >= 4 is 5.78 Å². The molecule has 18 heavy (non-hydrogen) atoms. The highest BCUT2D eigenvalue weighted by molar-refractivity contribution is 5.81. The summed E-state index contributed by atoms with van der Waals surface area (Å²) in [6.45, 7) is 12.6. The van der Waals surface area contributed by atoms with E-state index in [2.05, 4.69) is 20.8 Å². The number of ether oxygens (including phenoxy) is 2. The summed E-state index contributed by atoms with van der Waals surface area (Å²) < 4.78 is 11.3. The van der Waals surface area contributed by atoms with Crippen LogP contribution in [0.3, 0.4) is 0 Å². The van der Waals surface area contributed by atoms with Crippen molar-refractivity contribution < 1.29 is 14.3 Å². The fourth-order valence-electron chi connectivity index (χ4n) is 1.85. The van der Waals surface area contributed by atoms with Gasteiger partial charge in [-0.25, -0.2) is 0 Å². The standard InChI is InChI=1S/C15H28O3/c1-11-13(18-11)7-8-15(5,6)17-10-9-14(3,4)12(2)16/h11,13H,7-10H2,1-6H3. The fraction of sp³-hybridized carbons (Fsp3) is 0.933. The molecule has 0 aromatic heterocycles.